The highest BCUT2D eigenvalue weighted by atomic mass is 16.5. The third kappa shape index (κ3) is 3.12. The second-order valence-electron chi connectivity index (χ2n) is 5.47. The molecule has 0 saturated heterocycles. The first kappa shape index (κ1) is 15.7. The molecule has 0 atom stereocenters. The minimum absolute atomic E-state index is 0.258. The Morgan fingerprint density at radius 3 is 2.38 bits per heavy atom. The Labute approximate surface area is 140 Å². The number of nitrogens with zero attached hydrogens (tertiary/aromatic N) is 3. The third-order valence-electron chi connectivity index (χ3n) is 3.78. The van der Waals surface area contributed by atoms with Crippen molar-refractivity contribution in [1.82, 2.24) is 15.0 Å². The van der Waals surface area contributed by atoms with Crippen molar-refractivity contribution in [2.24, 2.45) is 0 Å². The van der Waals surface area contributed by atoms with Crippen LogP contribution in [0.4, 0.5) is 5.69 Å². The molecule has 0 saturated carbocycles. The predicted octanol–water partition coefficient (Wildman–Crippen LogP) is 3.15. The van der Waals surface area contributed by atoms with Gasteiger partial charge in [0.05, 0.1) is 19.0 Å². The Bertz CT molecular complexity index is 849. The molecule has 0 aliphatic rings. The van der Waals surface area contributed by atoms with E-state index < -0.39 is 0 Å². The number of aryl methyl sites for hydroxylation is 2. The summed E-state index contributed by atoms with van der Waals surface area (Å²) >= 11 is 0. The zero-order chi connectivity index (χ0) is 17.1. The zero-order valence-electron chi connectivity index (χ0n) is 13.8. The first-order chi connectivity index (χ1) is 11.6. The van der Waals surface area contributed by atoms with Gasteiger partial charge in [0.2, 0.25) is 0 Å². The van der Waals surface area contributed by atoms with Crippen LogP contribution in [0.15, 0.2) is 48.7 Å². The average Bonchev–Trinajstić information content (AvgIpc) is 3.08. The van der Waals surface area contributed by atoms with Crippen molar-refractivity contribution in [2.75, 3.05) is 12.4 Å². The number of nitrogens with one attached hydrogen (secondary N) is 1. The Morgan fingerprint density at radius 1 is 1.08 bits per heavy atom. The Kier molecular flexibility index (Phi) is 4.29. The van der Waals surface area contributed by atoms with Gasteiger partial charge in [-0.2, -0.15) is 0 Å². The molecule has 3 aromatic rings. The number of ether oxygens (including phenoxy) is 1. The average molecular weight is 322 g/mol. The first-order valence-electron chi connectivity index (χ1n) is 7.53. The normalized spacial score (nSPS) is 10.5. The minimum atomic E-state index is -0.285. The Hall–Kier alpha value is -3.15. The van der Waals surface area contributed by atoms with Crippen LogP contribution in [-0.4, -0.2) is 28.0 Å². The predicted molar refractivity (Wildman–Crippen MR) is 91.8 cm³/mol. The summed E-state index contributed by atoms with van der Waals surface area (Å²) in [5.74, 6) is 0.471. The van der Waals surface area contributed by atoms with Crippen molar-refractivity contribution in [2.45, 2.75) is 13.8 Å². The summed E-state index contributed by atoms with van der Waals surface area (Å²) in [5.41, 5.74) is 3.88. The number of anilines is 1. The lowest BCUT2D eigenvalue weighted by Gasteiger charge is -2.09. The number of benzene rings is 2. The molecule has 0 fully saturated rings. The maximum absolute atomic E-state index is 12.4. The molecule has 0 bridgehead atoms. The number of hydrogen-bond acceptors (Lipinski definition) is 4. The number of methoxy groups -OCH3 is 1. The van der Waals surface area contributed by atoms with Crippen LogP contribution < -0.4 is 10.1 Å². The molecule has 1 amide bonds. The number of carbonyl (C=O) groups is 1. The van der Waals surface area contributed by atoms with Crippen molar-refractivity contribution in [3.63, 3.8) is 0 Å². The van der Waals surface area contributed by atoms with E-state index in [4.69, 9.17) is 4.74 Å². The number of aromatic nitrogens is 3. The molecule has 0 unspecified atom stereocenters. The fourth-order valence-corrected chi connectivity index (χ4v) is 2.42. The van der Waals surface area contributed by atoms with Gasteiger partial charge in [-0.05, 0) is 49.2 Å². The quantitative estimate of drug-likeness (QED) is 0.801. The molecule has 2 aromatic carbocycles. The number of rotatable bonds is 4. The van der Waals surface area contributed by atoms with Crippen LogP contribution in [0.2, 0.25) is 0 Å². The summed E-state index contributed by atoms with van der Waals surface area (Å²) in [4.78, 5) is 12.4. The van der Waals surface area contributed by atoms with E-state index in [1.54, 1.807) is 18.0 Å². The van der Waals surface area contributed by atoms with E-state index in [2.05, 4.69) is 15.6 Å². The minimum Gasteiger partial charge on any atom is -0.497 e. The maximum atomic E-state index is 12.4. The van der Waals surface area contributed by atoms with Gasteiger partial charge in [0, 0.05) is 5.69 Å². The topological polar surface area (TPSA) is 69.0 Å². The highest BCUT2D eigenvalue weighted by molar-refractivity contribution is 6.03. The molecule has 0 spiro atoms. The van der Waals surface area contributed by atoms with Crippen LogP contribution in [-0.2, 0) is 0 Å². The molecule has 1 N–H and O–H groups in total. The van der Waals surface area contributed by atoms with Crippen LogP contribution in [0.1, 0.15) is 21.6 Å². The van der Waals surface area contributed by atoms with E-state index in [9.17, 15) is 4.79 Å². The SMILES string of the molecule is COc1ccc(-n2cc(C(=O)Nc3c(C)cccc3C)nn2)cc1. The van der Waals surface area contributed by atoms with Gasteiger partial charge in [-0.25, -0.2) is 4.68 Å². The molecule has 0 aliphatic heterocycles. The second-order valence-corrected chi connectivity index (χ2v) is 5.47. The van der Waals surface area contributed by atoms with Gasteiger partial charge >= 0.3 is 0 Å². The summed E-state index contributed by atoms with van der Waals surface area (Å²) in [6.45, 7) is 3.91. The van der Waals surface area contributed by atoms with Crippen LogP contribution in [0.25, 0.3) is 5.69 Å². The van der Waals surface area contributed by atoms with E-state index in [-0.39, 0.29) is 11.6 Å². The van der Waals surface area contributed by atoms with Gasteiger partial charge in [0.15, 0.2) is 5.69 Å². The van der Waals surface area contributed by atoms with Crippen molar-refractivity contribution >= 4 is 11.6 Å². The van der Waals surface area contributed by atoms with Gasteiger partial charge in [0.1, 0.15) is 5.75 Å². The first-order valence-corrected chi connectivity index (χ1v) is 7.53. The highest BCUT2D eigenvalue weighted by Crippen LogP contribution is 2.20. The standard InChI is InChI=1S/C18H18N4O2/c1-12-5-4-6-13(2)17(12)19-18(23)16-11-22(21-20-16)14-7-9-15(24-3)10-8-14/h4-11H,1-3H3,(H,19,23). The number of carbonyl (C=O) groups excluding carboxylic acids is 1. The Morgan fingerprint density at radius 2 is 1.75 bits per heavy atom. The van der Waals surface area contributed by atoms with E-state index >= 15 is 0 Å². The summed E-state index contributed by atoms with van der Waals surface area (Å²) in [7, 11) is 1.61. The largest absolute Gasteiger partial charge is 0.497 e. The molecule has 6 nitrogen and oxygen atoms in total. The second kappa shape index (κ2) is 6.54. The van der Waals surface area contributed by atoms with E-state index in [1.807, 2.05) is 56.3 Å². The molecule has 0 aliphatic carbocycles. The van der Waals surface area contributed by atoms with Gasteiger partial charge in [-0.15, -0.1) is 5.10 Å². The molecule has 6 heteroatoms. The van der Waals surface area contributed by atoms with E-state index in [0.717, 1.165) is 28.3 Å². The molecular weight excluding hydrogens is 304 g/mol. The molecular formula is C18H18N4O2. The van der Waals surface area contributed by atoms with Crippen LogP contribution in [0.5, 0.6) is 5.75 Å². The monoisotopic (exact) mass is 322 g/mol. The Balaban J connectivity index is 1.80. The lowest BCUT2D eigenvalue weighted by molar-refractivity contribution is 0.102. The van der Waals surface area contributed by atoms with Crippen molar-refractivity contribution in [1.29, 1.82) is 0 Å². The number of amides is 1. The van der Waals surface area contributed by atoms with Crippen molar-refractivity contribution in [3.05, 3.63) is 65.5 Å². The maximum Gasteiger partial charge on any atom is 0.277 e. The van der Waals surface area contributed by atoms with Crippen LogP contribution in [0.3, 0.4) is 0 Å². The summed E-state index contributed by atoms with van der Waals surface area (Å²) < 4.78 is 6.68. The molecule has 24 heavy (non-hydrogen) atoms. The summed E-state index contributed by atoms with van der Waals surface area (Å²) in [6.07, 6.45) is 1.60. The third-order valence-corrected chi connectivity index (χ3v) is 3.78. The van der Waals surface area contributed by atoms with E-state index in [0.29, 0.717) is 0 Å². The van der Waals surface area contributed by atoms with Crippen molar-refractivity contribution in [3.8, 4) is 11.4 Å². The van der Waals surface area contributed by atoms with Gasteiger partial charge in [-0.3, -0.25) is 4.79 Å². The van der Waals surface area contributed by atoms with E-state index in [1.165, 1.54) is 0 Å². The smallest absolute Gasteiger partial charge is 0.277 e. The lowest BCUT2D eigenvalue weighted by atomic mass is 10.1. The van der Waals surface area contributed by atoms with Crippen LogP contribution >= 0.6 is 0 Å². The fourth-order valence-electron chi connectivity index (χ4n) is 2.42. The number of hydrogen-bond donors (Lipinski definition) is 1. The summed E-state index contributed by atoms with van der Waals surface area (Å²) in [5, 5.41) is 10.9. The molecule has 1 aromatic heterocycles. The zero-order valence-corrected chi connectivity index (χ0v) is 13.8. The van der Waals surface area contributed by atoms with Crippen LogP contribution in [0, 0.1) is 13.8 Å². The fraction of sp³-hybridized carbons (Fsp3) is 0.167. The lowest BCUT2D eigenvalue weighted by Crippen LogP contribution is -2.14. The molecule has 122 valence electrons. The molecule has 1 heterocycles. The summed E-state index contributed by atoms with van der Waals surface area (Å²) in [6, 6.07) is 13.2. The van der Waals surface area contributed by atoms with Gasteiger partial charge in [-0.1, -0.05) is 23.4 Å². The molecule has 3 rings (SSSR count). The highest BCUT2D eigenvalue weighted by Gasteiger charge is 2.14. The number of para-hydroxylation sites is 1. The molecule has 0 radical (unpaired) electrons. The van der Waals surface area contributed by atoms with Gasteiger partial charge < -0.3 is 10.1 Å². The van der Waals surface area contributed by atoms with Crippen molar-refractivity contribution < 1.29 is 9.53 Å². The van der Waals surface area contributed by atoms with Gasteiger partial charge in [0.25, 0.3) is 5.91 Å².